The minimum atomic E-state index is -0.215. The maximum absolute atomic E-state index is 11.9. The highest BCUT2D eigenvalue weighted by Crippen LogP contribution is 2.13. The van der Waals surface area contributed by atoms with Crippen molar-refractivity contribution in [3.63, 3.8) is 0 Å². The van der Waals surface area contributed by atoms with Crippen molar-refractivity contribution in [1.29, 1.82) is 0 Å². The van der Waals surface area contributed by atoms with E-state index in [9.17, 15) is 4.79 Å². The summed E-state index contributed by atoms with van der Waals surface area (Å²) in [7, 11) is 0. The zero-order valence-electron chi connectivity index (χ0n) is 10.4. The van der Waals surface area contributed by atoms with Crippen molar-refractivity contribution >= 4 is 11.7 Å². The number of nitrogen functional groups attached to an aromatic ring is 1. The van der Waals surface area contributed by atoms with Gasteiger partial charge in [-0.25, -0.2) is 0 Å². The highest BCUT2D eigenvalue weighted by Gasteiger charge is 2.13. The second kappa shape index (κ2) is 4.91. The molecule has 0 unspecified atom stereocenters. The van der Waals surface area contributed by atoms with Gasteiger partial charge in [0, 0.05) is 6.07 Å². The molecule has 2 rings (SSSR count). The zero-order chi connectivity index (χ0) is 13.1. The molecule has 1 aromatic carbocycles. The van der Waals surface area contributed by atoms with Gasteiger partial charge in [0.15, 0.2) is 0 Å². The summed E-state index contributed by atoms with van der Waals surface area (Å²) < 4.78 is 0. The molecule has 0 aliphatic carbocycles. The van der Waals surface area contributed by atoms with E-state index in [1.165, 1.54) is 11.6 Å². The number of hydrogen-bond acceptors (Lipinski definition) is 3. The van der Waals surface area contributed by atoms with E-state index in [-0.39, 0.29) is 11.9 Å². The predicted octanol–water partition coefficient (Wildman–Crippen LogP) is 1.79. The number of aromatic amines is 1. The fraction of sp³-hybridized carbons (Fsp3) is 0.231. The summed E-state index contributed by atoms with van der Waals surface area (Å²) in [4.78, 5) is 11.9. The van der Waals surface area contributed by atoms with Gasteiger partial charge in [-0.1, -0.05) is 29.8 Å². The maximum atomic E-state index is 11.9. The molecule has 0 aliphatic heterocycles. The number of benzene rings is 1. The molecule has 0 saturated heterocycles. The number of aromatic nitrogens is 2. The number of carbonyl (C=O) groups is 1. The first-order valence-electron chi connectivity index (χ1n) is 5.74. The summed E-state index contributed by atoms with van der Waals surface area (Å²) in [6, 6.07) is 9.49. The lowest BCUT2D eigenvalue weighted by Crippen LogP contribution is -2.26. The van der Waals surface area contributed by atoms with Crippen LogP contribution in [-0.2, 0) is 0 Å². The molecule has 0 fully saturated rings. The van der Waals surface area contributed by atoms with Gasteiger partial charge in [-0.05, 0) is 19.4 Å². The summed E-state index contributed by atoms with van der Waals surface area (Å²) in [5.74, 6) is 0.0930. The highest BCUT2D eigenvalue weighted by atomic mass is 16.2. The molecule has 1 atom stereocenters. The number of hydrogen-bond donors (Lipinski definition) is 3. The van der Waals surface area contributed by atoms with Crippen molar-refractivity contribution < 1.29 is 4.79 Å². The number of rotatable bonds is 3. The topological polar surface area (TPSA) is 83.8 Å². The molecule has 4 N–H and O–H groups in total. The lowest BCUT2D eigenvalue weighted by molar-refractivity contribution is 0.0935. The molecular formula is C13H16N4O. The predicted molar refractivity (Wildman–Crippen MR) is 70.1 cm³/mol. The van der Waals surface area contributed by atoms with Gasteiger partial charge in [0.2, 0.25) is 0 Å². The maximum Gasteiger partial charge on any atom is 0.269 e. The Balaban J connectivity index is 2.05. The van der Waals surface area contributed by atoms with Crippen LogP contribution in [-0.4, -0.2) is 16.1 Å². The summed E-state index contributed by atoms with van der Waals surface area (Å²) in [6.07, 6.45) is 0. The first-order chi connectivity index (χ1) is 8.56. The van der Waals surface area contributed by atoms with Crippen molar-refractivity contribution in [2.24, 2.45) is 0 Å². The van der Waals surface area contributed by atoms with Crippen molar-refractivity contribution in [3.8, 4) is 0 Å². The third-order valence-electron chi connectivity index (χ3n) is 2.77. The number of anilines is 1. The Labute approximate surface area is 105 Å². The fourth-order valence-corrected chi connectivity index (χ4v) is 1.67. The van der Waals surface area contributed by atoms with Gasteiger partial charge in [0.05, 0.1) is 6.04 Å². The lowest BCUT2D eigenvalue weighted by atomic mass is 10.1. The summed E-state index contributed by atoms with van der Waals surface area (Å²) in [6.45, 7) is 3.96. The van der Waals surface area contributed by atoms with E-state index >= 15 is 0 Å². The van der Waals surface area contributed by atoms with Gasteiger partial charge < -0.3 is 11.1 Å². The summed E-state index contributed by atoms with van der Waals surface area (Å²) in [5, 5.41) is 9.18. The number of amides is 1. The molecule has 1 aromatic heterocycles. The van der Waals surface area contributed by atoms with E-state index in [0.29, 0.717) is 11.5 Å². The number of nitrogens with two attached hydrogens (primary N) is 1. The van der Waals surface area contributed by atoms with E-state index < -0.39 is 0 Å². The van der Waals surface area contributed by atoms with Crippen LogP contribution in [0.4, 0.5) is 5.82 Å². The monoisotopic (exact) mass is 244 g/mol. The van der Waals surface area contributed by atoms with Gasteiger partial charge in [-0.15, -0.1) is 0 Å². The first-order valence-corrected chi connectivity index (χ1v) is 5.74. The van der Waals surface area contributed by atoms with Gasteiger partial charge >= 0.3 is 0 Å². The Kier molecular flexibility index (Phi) is 3.32. The average molecular weight is 244 g/mol. The number of H-pyrrole nitrogens is 1. The molecule has 2 aromatic rings. The van der Waals surface area contributed by atoms with Crippen molar-refractivity contribution in [3.05, 3.63) is 47.2 Å². The van der Waals surface area contributed by atoms with E-state index in [1.807, 2.05) is 38.1 Å². The highest BCUT2D eigenvalue weighted by molar-refractivity contribution is 5.93. The molecule has 5 heteroatoms. The second-order valence-electron chi connectivity index (χ2n) is 4.31. The Morgan fingerprint density at radius 3 is 2.61 bits per heavy atom. The molecule has 0 aliphatic rings. The number of carbonyl (C=O) groups excluding carboxylic acids is 1. The third-order valence-corrected chi connectivity index (χ3v) is 2.77. The Hall–Kier alpha value is -2.30. The van der Waals surface area contributed by atoms with Crippen LogP contribution in [0, 0.1) is 6.92 Å². The molecule has 5 nitrogen and oxygen atoms in total. The molecular weight excluding hydrogens is 228 g/mol. The largest absolute Gasteiger partial charge is 0.382 e. The van der Waals surface area contributed by atoms with Crippen LogP contribution in [0.25, 0.3) is 0 Å². The molecule has 0 spiro atoms. The molecule has 1 amide bonds. The van der Waals surface area contributed by atoms with Crippen LogP contribution in [0.1, 0.15) is 34.6 Å². The van der Waals surface area contributed by atoms with Gasteiger partial charge in [0.25, 0.3) is 5.91 Å². The Morgan fingerprint density at radius 2 is 2.06 bits per heavy atom. The van der Waals surface area contributed by atoms with Gasteiger partial charge in [-0.3, -0.25) is 9.89 Å². The molecule has 0 radical (unpaired) electrons. The molecule has 94 valence electrons. The van der Waals surface area contributed by atoms with Crippen molar-refractivity contribution in [1.82, 2.24) is 15.5 Å². The standard InChI is InChI=1S/C13H16N4O/c1-8-3-5-10(6-4-8)9(2)15-13(18)11-7-12(14)17-16-11/h3-7,9H,1-2H3,(H,15,18)(H3,14,16,17)/t9-/m1/s1. The first kappa shape index (κ1) is 12.2. The lowest BCUT2D eigenvalue weighted by Gasteiger charge is -2.13. The normalized spacial score (nSPS) is 12.1. The van der Waals surface area contributed by atoms with Crippen LogP contribution in [0.15, 0.2) is 30.3 Å². The minimum absolute atomic E-state index is 0.0670. The zero-order valence-corrected chi connectivity index (χ0v) is 10.4. The Bertz CT molecular complexity index is 544. The summed E-state index contributed by atoms with van der Waals surface area (Å²) >= 11 is 0. The second-order valence-corrected chi connectivity index (χ2v) is 4.31. The molecule has 18 heavy (non-hydrogen) atoms. The van der Waals surface area contributed by atoms with Crippen LogP contribution >= 0.6 is 0 Å². The van der Waals surface area contributed by atoms with Crippen molar-refractivity contribution in [2.45, 2.75) is 19.9 Å². The van der Waals surface area contributed by atoms with E-state index in [0.717, 1.165) is 5.56 Å². The van der Waals surface area contributed by atoms with Gasteiger partial charge in [0.1, 0.15) is 11.5 Å². The third kappa shape index (κ3) is 2.68. The van der Waals surface area contributed by atoms with Crippen LogP contribution in [0.3, 0.4) is 0 Å². The number of aryl methyl sites for hydroxylation is 1. The van der Waals surface area contributed by atoms with E-state index in [4.69, 9.17) is 5.73 Å². The number of nitrogens with one attached hydrogen (secondary N) is 2. The van der Waals surface area contributed by atoms with Crippen LogP contribution in [0.2, 0.25) is 0 Å². The molecule has 0 bridgehead atoms. The van der Waals surface area contributed by atoms with E-state index in [2.05, 4.69) is 15.5 Å². The SMILES string of the molecule is Cc1ccc([C@@H](C)NC(=O)c2cc(N)n[nH]2)cc1. The smallest absolute Gasteiger partial charge is 0.269 e. The average Bonchev–Trinajstić information content (AvgIpc) is 2.76. The van der Waals surface area contributed by atoms with Crippen molar-refractivity contribution in [2.75, 3.05) is 5.73 Å². The van der Waals surface area contributed by atoms with Crippen LogP contribution < -0.4 is 11.1 Å². The molecule has 1 heterocycles. The van der Waals surface area contributed by atoms with E-state index in [1.54, 1.807) is 0 Å². The number of nitrogens with zero attached hydrogens (tertiary/aromatic N) is 1. The molecule has 0 saturated carbocycles. The Morgan fingerprint density at radius 1 is 1.39 bits per heavy atom. The van der Waals surface area contributed by atoms with Gasteiger partial charge in [-0.2, -0.15) is 5.10 Å². The quantitative estimate of drug-likeness (QED) is 0.769. The summed E-state index contributed by atoms with van der Waals surface area (Å²) in [5.41, 5.74) is 8.07. The minimum Gasteiger partial charge on any atom is -0.382 e. The van der Waals surface area contributed by atoms with Crippen LogP contribution in [0.5, 0.6) is 0 Å². The fourth-order valence-electron chi connectivity index (χ4n) is 1.67.